The van der Waals surface area contributed by atoms with Gasteiger partial charge in [0.15, 0.2) is 0 Å². The molecule has 0 spiro atoms. The van der Waals surface area contributed by atoms with Crippen LogP contribution in [0.4, 0.5) is 10.1 Å². The van der Waals surface area contributed by atoms with E-state index in [4.69, 9.17) is 0 Å². The molecule has 0 radical (unpaired) electrons. The third kappa shape index (κ3) is 2.88. The van der Waals surface area contributed by atoms with Gasteiger partial charge in [-0.25, -0.2) is 4.39 Å². The Morgan fingerprint density at radius 1 is 1.17 bits per heavy atom. The number of halogens is 2. The van der Waals surface area contributed by atoms with E-state index in [1.165, 1.54) is 6.07 Å². The van der Waals surface area contributed by atoms with Gasteiger partial charge in [-0.3, -0.25) is 0 Å². The van der Waals surface area contributed by atoms with E-state index in [2.05, 4.69) is 27.3 Å². The number of anilines is 1. The van der Waals surface area contributed by atoms with Gasteiger partial charge in [-0.15, -0.1) is 0 Å². The van der Waals surface area contributed by atoms with E-state index in [1.807, 2.05) is 30.3 Å². The summed E-state index contributed by atoms with van der Waals surface area (Å²) in [6.45, 7) is 0. The molecule has 0 heterocycles. The molecule has 0 fully saturated rings. The summed E-state index contributed by atoms with van der Waals surface area (Å²) in [4.78, 5) is 0. The van der Waals surface area contributed by atoms with Crippen LogP contribution in [-0.2, 0) is 0 Å². The number of hydrogen-bond acceptors (Lipinski definition) is 2. The van der Waals surface area contributed by atoms with Crippen molar-refractivity contribution < 1.29 is 4.39 Å². The largest absolute Gasteiger partial charge is 0.366 e. The monoisotopic (exact) mass is 304 g/mol. The van der Waals surface area contributed by atoms with Crippen LogP contribution in [0.1, 0.15) is 11.6 Å². The van der Waals surface area contributed by atoms with Crippen molar-refractivity contribution in [3.05, 3.63) is 64.4 Å². The average molecular weight is 305 g/mol. The SMILES string of the molecule is N#CC(Nc1ccccc1)c1ccc(F)c(Br)c1. The molecule has 90 valence electrons. The van der Waals surface area contributed by atoms with E-state index in [0.717, 1.165) is 11.3 Å². The van der Waals surface area contributed by atoms with Gasteiger partial charge in [0.25, 0.3) is 0 Å². The Bertz CT molecular complexity index is 578. The molecule has 0 aliphatic rings. The fourth-order valence-electron chi connectivity index (χ4n) is 1.58. The minimum Gasteiger partial charge on any atom is -0.366 e. The van der Waals surface area contributed by atoms with E-state index in [1.54, 1.807) is 12.1 Å². The van der Waals surface area contributed by atoms with Gasteiger partial charge in [0.05, 0.1) is 10.5 Å². The standard InChI is InChI=1S/C14H10BrFN2/c15-12-8-10(6-7-13(12)16)14(9-17)18-11-4-2-1-3-5-11/h1-8,14,18H. The van der Waals surface area contributed by atoms with Crippen molar-refractivity contribution in [2.24, 2.45) is 0 Å². The zero-order valence-electron chi connectivity index (χ0n) is 9.40. The van der Waals surface area contributed by atoms with Crippen LogP contribution in [0.15, 0.2) is 53.0 Å². The summed E-state index contributed by atoms with van der Waals surface area (Å²) in [5, 5.41) is 12.3. The van der Waals surface area contributed by atoms with Crippen LogP contribution in [-0.4, -0.2) is 0 Å². The summed E-state index contributed by atoms with van der Waals surface area (Å²) < 4.78 is 13.5. The van der Waals surface area contributed by atoms with E-state index in [-0.39, 0.29) is 5.82 Å². The first kappa shape index (κ1) is 12.6. The van der Waals surface area contributed by atoms with Crippen LogP contribution in [0.5, 0.6) is 0 Å². The second-order valence-corrected chi connectivity index (χ2v) is 4.60. The van der Waals surface area contributed by atoms with Crippen molar-refractivity contribution in [2.75, 3.05) is 5.32 Å². The lowest BCUT2D eigenvalue weighted by Gasteiger charge is -2.13. The van der Waals surface area contributed by atoms with Gasteiger partial charge in [0, 0.05) is 5.69 Å². The molecule has 0 aliphatic carbocycles. The second kappa shape index (κ2) is 5.65. The van der Waals surface area contributed by atoms with E-state index in [0.29, 0.717) is 4.47 Å². The van der Waals surface area contributed by atoms with E-state index >= 15 is 0 Å². The Kier molecular flexibility index (Phi) is 3.96. The van der Waals surface area contributed by atoms with Crippen molar-refractivity contribution in [3.8, 4) is 6.07 Å². The lowest BCUT2D eigenvalue weighted by molar-refractivity contribution is 0.620. The molecule has 2 aromatic carbocycles. The van der Waals surface area contributed by atoms with Crippen LogP contribution < -0.4 is 5.32 Å². The molecule has 0 saturated heterocycles. The number of nitrogens with one attached hydrogen (secondary N) is 1. The lowest BCUT2D eigenvalue weighted by atomic mass is 10.1. The highest BCUT2D eigenvalue weighted by molar-refractivity contribution is 9.10. The number of hydrogen-bond donors (Lipinski definition) is 1. The van der Waals surface area contributed by atoms with Gasteiger partial charge < -0.3 is 5.32 Å². The quantitative estimate of drug-likeness (QED) is 0.919. The molecule has 1 unspecified atom stereocenters. The van der Waals surface area contributed by atoms with Crippen LogP contribution in [0.25, 0.3) is 0 Å². The predicted octanol–water partition coefficient (Wildman–Crippen LogP) is 4.26. The molecule has 0 aromatic heterocycles. The molecule has 1 N–H and O–H groups in total. The molecule has 1 atom stereocenters. The maximum absolute atomic E-state index is 13.1. The van der Waals surface area contributed by atoms with Crippen LogP contribution in [0.3, 0.4) is 0 Å². The highest BCUT2D eigenvalue weighted by atomic mass is 79.9. The Morgan fingerprint density at radius 3 is 2.50 bits per heavy atom. The molecule has 0 saturated carbocycles. The zero-order valence-corrected chi connectivity index (χ0v) is 11.0. The summed E-state index contributed by atoms with van der Waals surface area (Å²) >= 11 is 3.12. The summed E-state index contributed by atoms with van der Waals surface area (Å²) in [7, 11) is 0. The third-order valence-corrected chi connectivity index (χ3v) is 3.10. The normalized spacial score (nSPS) is 11.6. The highest BCUT2D eigenvalue weighted by Gasteiger charge is 2.11. The Morgan fingerprint density at radius 2 is 1.89 bits per heavy atom. The fraction of sp³-hybridized carbons (Fsp3) is 0.0714. The van der Waals surface area contributed by atoms with E-state index < -0.39 is 6.04 Å². The van der Waals surface area contributed by atoms with Crippen molar-refractivity contribution in [3.63, 3.8) is 0 Å². The first-order chi connectivity index (χ1) is 8.70. The summed E-state index contributed by atoms with van der Waals surface area (Å²) in [5.74, 6) is -0.338. The minimum absolute atomic E-state index is 0.338. The molecule has 0 amide bonds. The molecule has 2 nitrogen and oxygen atoms in total. The van der Waals surface area contributed by atoms with Crippen LogP contribution >= 0.6 is 15.9 Å². The lowest BCUT2D eigenvalue weighted by Crippen LogP contribution is -2.08. The fourth-order valence-corrected chi connectivity index (χ4v) is 1.98. The molecule has 18 heavy (non-hydrogen) atoms. The molecule has 0 aliphatic heterocycles. The number of nitrogens with zero attached hydrogens (tertiary/aromatic N) is 1. The Hall–Kier alpha value is -1.86. The van der Waals surface area contributed by atoms with Gasteiger partial charge in [0.1, 0.15) is 11.9 Å². The average Bonchev–Trinajstić information content (AvgIpc) is 2.40. The van der Waals surface area contributed by atoms with Crippen molar-refractivity contribution in [2.45, 2.75) is 6.04 Å². The van der Waals surface area contributed by atoms with Crippen LogP contribution in [0, 0.1) is 17.1 Å². The summed E-state index contributed by atoms with van der Waals surface area (Å²) in [5.41, 5.74) is 1.57. The summed E-state index contributed by atoms with van der Waals surface area (Å²) in [6.07, 6.45) is 0. The molecule has 2 rings (SSSR count). The highest BCUT2D eigenvalue weighted by Crippen LogP contribution is 2.23. The summed E-state index contributed by atoms with van der Waals surface area (Å²) in [6, 6.07) is 15.6. The molecular formula is C14H10BrFN2. The number of rotatable bonds is 3. The molecule has 4 heteroatoms. The maximum atomic E-state index is 13.1. The van der Waals surface area contributed by atoms with E-state index in [9.17, 15) is 9.65 Å². The Balaban J connectivity index is 2.24. The van der Waals surface area contributed by atoms with Gasteiger partial charge in [-0.1, -0.05) is 24.3 Å². The van der Waals surface area contributed by atoms with Gasteiger partial charge in [-0.05, 0) is 45.8 Å². The predicted molar refractivity (Wildman–Crippen MR) is 72.5 cm³/mol. The third-order valence-electron chi connectivity index (χ3n) is 2.49. The maximum Gasteiger partial charge on any atom is 0.140 e. The van der Waals surface area contributed by atoms with Gasteiger partial charge >= 0.3 is 0 Å². The smallest absolute Gasteiger partial charge is 0.140 e. The number of nitriles is 1. The second-order valence-electron chi connectivity index (χ2n) is 3.75. The molecule has 2 aromatic rings. The van der Waals surface area contributed by atoms with Crippen molar-refractivity contribution >= 4 is 21.6 Å². The number of benzene rings is 2. The van der Waals surface area contributed by atoms with Crippen molar-refractivity contribution in [1.29, 1.82) is 5.26 Å². The van der Waals surface area contributed by atoms with Crippen LogP contribution in [0.2, 0.25) is 0 Å². The van der Waals surface area contributed by atoms with Gasteiger partial charge in [-0.2, -0.15) is 5.26 Å². The topological polar surface area (TPSA) is 35.8 Å². The molecular weight excluding hydrogens is 295 g/mol. The Labute approximate surface area is 113 Å². The number of para-hydroxylation sites is 1. The minimum atomic E-state index is -0.510. The molecule has 0 bridgehead atoms. The van der Waals surface area contributed by atoms with Gasteiger partial charge in [0.2, 0.25) is 0 Å². The van der Waals surface area contributed by atoms with Crippen molar-refractivity contribution in [1.82, 2.24) is 0 Å². The zero-order chi connectivity index (χ0) is 13.0. The first-order valence-corrected chi connectivity index (χ1v) is 6.16. The first-order valence-electron chi connectivity index (χ1n) is 5.37.